The van der Waals surface area contributed by atoms with Crippen LogP contribution in [-0.2, 0) is 20.9 Å². The highest BCUT2D eigenvalue weighted by Crippen LogP contribution is 2.35. The molecule has 0 fully saturated rings. The number of carbonyl (C=O) groups excluding carboxylic acids is 3. The first-order chi connectivity index (χ1) is 18.9. The summed E-state index contributed by atoms with van der Waals surface area (Å²) in [5.41, 5.74) is 2.12. The van der Waals surface area contributed by atoms with Crippen LogP contribution in [0.2, 0.25) is 0 Å². The zero-order valence-corrected chi connectivity index (χ0v) is 21.7. The number of rotatable bonds is 8. The number of amidine groups is 2. The molecule has 3 amide bonds. The fourth-order valence-corrected chi connectivity index (χ4v) is 5.12. The average molecular weight is 546 g/mol. The van der Waals surface area contributed by atoms with Crippen molar-refractivity contribution in [1.29, 1.82) is 0 Å². The second-order valence-corrected chi connectivity index (χ2v) is 9.62. The predicted molar refractivity (Wildman–Crippen MR) is 148 cm³/mol. The molecule has 0 bridgehead atoms. The van der Waals surface area contributed by atoms with E-state index in [1.807, 2.05) is 30.3 Å². The fourth-order valence-electron chi connectivity index (χ4n) is 4.27. The number of aliphatic imine (C=N–C) groups is 2. The summed E-state index contributed by atoms with van der Waals surface area (Å²) in [7, 11) is 1.56. The van der Waals surface area contributed by atoms with E-state index in [-0.39, 0.29) is 30.3 Å². The zero-order chi connectivity index (χ0) is 27.4. The Kier molecular flexibility index (Phi) is 7.69. The molecule has 5 rings (SSSR count). The van der Waals surface area contributed by atoms with Gasteiger partial charge in [-0.3, -0.25) is 19.3 Å². The Bertz CT molecular complexity index is 1510. The molecule has 2 aliphatic heterocycles. The van der Waals surface area contributed by atoms with Gasteiger partial charge in [0.1, 0.15) is 23.4 Å². The van der Waals surface area contributed by atoms with E-state index in [2.05, 4.69) is 20.6 Å². The first-order valence-electron chi connectivity index (χ1n) is 12.1. The van der Waals surface area contributed by atoms with Crippen LogP contribution in [0.1, 0.15) is 17.5 Å². The summed E-state index contributed by atoms with van der Waals surface area (Å²) in [6.45, 7) is 0.228. The van der Waals surface area contributed by atoms with Gasteiger partial charge in [-0.2, -0.15) is 4.99 Å². The molecular formula is C28H24FN5O4S. The average Bonchev–Trinajstić information content (AvgIpc) is 3.27. The van der Waals surface area contributed by atoms with Crippen molar-refractivity contribution in [3.05, 3.63) is 89.7 Å². The van der Waals surface area contributed by atoms with E-state index in [0.717, 1.165) is 17.3 Å². The molecule has 0 saturated heterocycles. The number of para-hydroxylation sites is 3. The largest absolute Gasteiger partial charge is 0.496 e. The van der Waals surface area contributed by atoms with Crippen molar-refractivity contribution >= 4 is 51.9 Å². The van der Waals surface area contributed by atoms with Crippen molar-refractivity contribution in [2.45, 2.75) is 19.0 Å². The van der Waals surface area contributed by atoms with Crippen LogP contribution in [0.15, 0.2) is 82.8 Å². The van der Waals surface area contributed by atoms with E-state index < -0.39 is 23.7 Å². The molecule has 1 atom stereocenters. The Morgan fingerprint density at radius 3 is 2.56 bits per heavy atom. The molecule has 0 spiro atoms. The first kappa shape index (κ1) is 26.1. The van der Waals surface area contributed by atoms with Crippen LogP contribution in [0, 0.1) is 5.82 Å². The lowest BCUT2D eigenvalue weighted by Crippen LogP contribution is -2.46. The van der Waals surface area contributed by atoms with Gasteiger partial charge in [0.05, 0.1) is 30.7 Å². The van der Waals surface area contributed by atoms with Crippen LogP contribution >= 0.6 is 11.8 Å². The smallest absolute Gasteiger partial charge is 0.271 e. The van der Waals surface area contributed by atoms with Crippen molar-refractivity contribution < 1.29 is 23.5 Å². The number of benzene rings is 3. The van der Waals surface area contributed by atoms with Crippen molar-refractivity contribution in [2.24, 2.45) is 9.98 Å². The third-order valence-corrected chi connectivity index (χ3v) is 7.09. The van der Waals surface area contributed by atoms with Crippen molar-refractivity contribution in [3.63, 3.8) is 0 Å². The number of thioether (sulfide) groups is 1. The number of nitrogens with zero attached hydrogens (tertiary/aromatic N) is 3. The van der Waals surface area contributed by atoms with Gasteiger partial charge in [-0.05, 0) is 30.3 Å². The number of carbonyl (C=O) groups is 3. The quantitative estimate of drug-likeness (QED) is 0.445. The van der Waals surface area contributed by atoms with Gasteiger partial charge in [0.2, 0.25) is 11.8 Å². The monoisotopic (exact) mass is 545 g/mol. The summed E-state index contributed by atoms with van der Waals surface area (Å²) < 4.78 is 19.3. The summed E-state index contributed by atoms with van der Waals surface area (Å²) in [5, 5.41) is 5.73. The number of hydrogen-bond donors (Lipinski definition) is 2. The van der Waals surface area contributed by atoms with Crippen LogP contribution in [0.3, 0.4) is 0 Å². The molecule has 11 heteroatoms. The van der Waals surface area contributed by atoms with Gasteiger partial charge in [-0.25, -0.2) is 9.38 Å². The van der Waals surface area contributed by atoms with Gasteiger partial charge in [-0.15, -0.1) is 0 Å². The maximum absolute atomic E-state index is 14.0. The highest BCUT2D eigenvalue weighted by atomic mass is 32.2. The van der Waals surface area contributed by atoms with E-state index in [0.29, 0.717) is 28.0 Å². The molecule has 3 aromatic carbocycles. The van der Waals surface area contributed by atoms with Crippen LogP contribution in [0.25, 0.3) is 0 Å². The van der Waals surface area contributed by atoms with E-state index in [1.54, 1.807) is 36.3 Å². The molecule has 9 nitrogen and oxygen atoms in total. The molecule has 0 aliphatic carbocycles. The third-order valence-electron chi connectivity index (χ3n) is 6.14. The van der Waals surface area contributed by atoms with Crippen LogP contribution in [0.4, 0.5) is 15.8 Å². The highest BCUT2D eigenvalue weighted by molar-refractivity contribution is 8.14. The van der Waals surface area contributed by atoms with Crippen LogP contribution in [-0.4, -0.2) is 52.5 Å². The van der Waals surface area contributed by atoms with Gasteiger partial charge < -0.3 is 15.4 Å². The molecule has 39 heavy (non-hydrogen) atoms. The minimum Gasteiger partial charge on any atom is -0.496 e. The van der Waals surface area contributed by atoms with Crippen LogP contribution < -0.4 is 15.4 Å². The predicted octanol–water partition coefficient (Wildman–Crippen LogP) is 3.87. The summed E-state index contributed by atoms with van der Waals surface area (Å²) in [6, 6.07) is 19.5. The van der Waals surface area contributed by atoms with Crippen LogP contribution in [0.5, 0.6) is 5.75 Å². The van der Waals surface area contributed by atoms with E-state index in [9.17, 15) is 18.8 Å². The number of halogens is 1. The maximum Gasteiger partial charge on any atom is 0.271 e. The highest BCUT2D eigenvalue weighted by Gasteiger charge is 2.42. The number of amides is 3. The summed E-state index contributed by atoms with van der Waals surface area (Å²) in [6.07, 6.45) is -0.163. The van der Waals surface area contributed by atoms with Gasteiger partial charge in [-0.1, -0.05) is 54.2 Å². The fraction of sp³-hybridized carbons (Fsp3) is 0.179. The summed E-state index contributed by atoms with van der Waals surface area (Å²) >= 11 is 1.08. The Labute approximate surface area is 228 Å². The number of fused-ring (bicyclic) bond motifs is 3. The van der Waals surface area contributed by atoms with Gasteiger partial charge in [0, 0.05) is 17.7 Å². The van der Waals surface area contributed by atoms with E-state index >= 15 is 0 Å². The lowest BCUT2D eigenvalue weighted by molar-refractivity contribution is -0.126. The van der Waals surface area contributed by atoms with Gasteiger partial charge in [0.25, 0.3) is 5.91 Å². The molecule has 0 radical (unpaired) electrons. The topological polar surface area (TPSA) is 112 Å². The molecule has 198 valence electrons. The molecule has 1 unspecified atom stereocenters. The van der Waals surface area contributed by atoms with E-state index in [1.165, 1.54) is 18.2 Å². The summed E-state index contributed by atoms with van der Waals surface area (Å²) in [5.74, 6) is -0.882. The number of nitrogens with one attached hydrogen (secondary N) is 2. The Morgan fingerprint density at radius 1 is 1.00 bits per heavy atom. The number of methoxy groups -OCH3 is 1. The second kappa shape index (κ2) is 11.5. The molecule has 0 aromatic heterocycles. The molecule has 2 N–H and O–H groups in total. The van der Waals surface area contributed by atoms with Gasteiger partial charge >= 0.3 is 0 Å². The van der Waals surface area contributed by atoms with E-state index in [4.69, 9.17) is 4.74 Å². The zero-order valence-electron chi connectivity index (χ0n) is 20.9. The third kappa shape index (κ3) is 5.68. The van der Waals surface area contributed by atoms with Crippen molar-refractivity contribution in [1.82, 2.24) is 10.2 Å². The lowest BCUT2D eigenvalue weighted by Gasteiger charge is -2.30. The number of hydrogen-bond acceptors (Lipinski definition) is 7. The maximum atomic E-state index is 14.0. The molecule has 0 saturated carbocycles. The van der Waals surface area contributed by atoms with Crippen molar-refractivity contribution in [3.8, 4) is 5.75 Å². The Morgan fingerprint density at radius 2 is 1.74 bits per heavy atom. The molecular weight excluding hydrogens is 521 g/mol. The Hall–Kier alpha value is -4.51. The molecule has 2 heterocycles. The lowest BCUT2D eigenvalue weighted by atomic mass is 10.1. The standard InChI is InChI=1S/C28H24FN5O4S/c1-38-23-13-7-2-8-17(23)15-30-24(35)14-22-27(37)33-26-18-9-3-5-11-20(18)32-28(34(22)26)39-16-25(36)31-21-12-6-4-10-19(21)29/h2-13,22H,14-16H2,1H3,(H,30,35)(H,31,36). The molecule has 3 aromatic rings. The SMILES string of the molecule is COc1ccccc1CNC(=O)CC1C(=O)N=C2c3ccccc3N=C(SCC(=O)Nc3ccccc3F)N21. The first-order valence-corrected chi connectivity index (χ1v) is 13.1. The number of anilines is 1. The minimum absolute atomic E-state index is 0.0715. The summed E-state index contributed by atoms with van der Waals surface area (Å²) in [4.78, 5) is 49.0. The van der Waals surface area contributed by atoms with Crippen molar-refractivity contribution in [2.75, 3.05) is 18.2 Å². The minimum atomic E-state index is -0.924. The second-order valence-electron chi connectivity index (χ2n) is 8.68. The number of ether oxygens (including phenoxy) is 1. The van der Waals surface area contributed by atoms with Gasteiger partial charge in [0.15, 0.2) is 5.17 Å². The normalized spacial score (nSPS) is 15.6. The molecule has 2 aliphatic rings. The Balaban J connectivity index is 1.31.